The van der Waals surface area contributed by atoms with Crippen molar-refractivity contribution in [2.24, 2.45) is 0 Å². The summed E-state index contributed by atoms with van der Waals surface area (Å²) in [4.78, 5) is 10.7. The molecule has 0 aliphatic carbocycles. The van der Waals surface area contributed by atoms with E-state index in [9.17, 15) is 13.2 Å². The zero-order chi connectivity index (χ0) is 13.8. The number of benzene rings is 1. The van der Waals surface area contributed by atoms with Gasteiger partial charge in [-0.1, -0.05) is 11.6 Å². The molecule has 0 aliphatic heterocycles. The largest absolute Gasteiger partial charge is 0.478 e. The number of hydrogen-bond donors (Lipinski definition) is 2. The molecule has 1 aromatic rings. The molecular formula is C11H13ClO5S. The highest BCUT2D eigenvalue weighted by Gasteiger charge is 2.17. The van der Waals surface area contributed by atoms with E-state index in [2.05, 4.69) is 0 Å². The van der Waals surface area contributed by atoms with Crippen LogP contribution in [-0.2, 0) is 9.84 Å². The maximum Gasteiger partial charge on any atom is 0.337 e. The van der Waals surface area contributed by atoms with Crippen LogP contribution in [-0.4, -0.2) is 37.0 Å². The van der Waals surface area contributed by atoms with Gasteiger partial charge in [-0.2, -0.15) is 0 Å². The molecule has 0 spiro atoms. The third kappa shape index (κ3) is 3.69. The molecule has 7 heteroatoms. The van der Waals surface area contributed by atoms with E-state index < -0.39 is 15.8 Å². The van der Waals surface area contributed by atoms with E-state index in [0.717, 1.165) is 6.07 Å². The lowest BCUT2D eigenvalue weighted by Crippen LogP contribution is -2.08. The summed E-state index contributed by atoms with van der Waals surface area (Å²) < 4.78 is 23.7. The fraction of sp³-hybridized carbons (Fsp3) is 0.364. The summed E-state index contributed by atoms with van der Waals surface area (Å²) in [5, 5.41) is 17.3. The first-order valence-corrected chi connectivity index (χ1v) is 7.28. The van der Waals surface area contributed by atoms with Crippen molar-refractivity contribution in [3.8, 4) is 0 Å². The molecule has 100 valence electrons. The van der Waals surface area contributed by atoms with Crippen molar-refractivity contribution in [1.29, 1.82) is 0 Å². The van der Waals surface area contributed by atoms with Gasteiger partial charge >= 0.3 is 5.97 Å². The molecule has 0 aromatic heterocycles. The second-order valence-corrected chi connectivity index (χ2v) is 6.21. The maximum absolute atomic E-state index is 11.9. The van der Waals surface area contributed by atoms with E-state index >= 15 is 0 Å². The lowest BCUT2D eigenvalue weighted by Gasteiger charge is -2.06. The molecule has 5 nitrogen and oxygen atoms in total. The number of halogens is 1. The normalized spacial score (nSPS) is 11.4. The molecule has 0 atom stereocenters. The Balaban J connectivity index is 2.97. The Labute approximate surface area is 110 Å². The zero-order valence-corrected chi connectivity index (χ0v) is 11.0. The topological polar surface area (TPSA) is 91.7 Å². The fourth-order valence-corrected chi connectivity index (χ4v) is 3.10. The Bertz CT molecular complexity index is 538. The van der Waals surface area contributed by atoms with Crippen LogP contribution in [0.4, 0.5) is 0 Å². The molecule has 0 amide bonds. The van der Waals surface area contributed by atoms with E-state index in [1.165, 1.54) is 12.1 Å². The zero-order valence-electron chi connectivity index (χ0n) is 9.47. The highest BCUT2D eigenvalue weighted by atomic mass is 35.5. The number of carbonyl (C=O) groups is 1. The number of carboxylic acids is 1. The number of carboxylic acid groups (broad SMARTS) is 1. The van der Waals surface area contributed by atoms with Crippen LogP contribution in [0.2, 0.25) is 5.02 Å². The van der Waals surface area contributed by atoms with Gasteiger partial charge in [0.25, 0.3) is 0 Å². The lowest BCUT2D eigenvalue weighted by molar-refractivity contribution is 0.0697. The predicted octanol–water partition coefficient (Wildman–Crippen LogP) is 1.58. The summed E-state index contributed by atoms with van der Waals surface area (Å²) in [7, 11) is -3.49. The van der Waals surface area contributed by atoms with Crippen LogP contribution in [0, 0.1) is 0 Å². The first-order chi connectivity index (χ1) is 8.38. The molecule has 0 aliphatic rings. The van der Waals surface area contributed by atoms with Crippen LogP contribution in [0.25, 0.3) is 0 Å². The summed E-state index contributed by atoms with van der Waals surface area (Å²) >= 11 is 5.71. The Morgan fingerprint density at radius 2 is 1.94 bits per heavy atom. The van der Waals surface area contributed by atoms with Crippen molar-refractivity contribution in [2.75, 3.05) is 12.4 Å². The number of sulfone groups is 1. The lowest BCUT2D eigenvalue weighted by atomic mass is 10.2. The smallest absolute Gasteiger partial charge is 0.337 e. The Morgan fingerprint density at radius 3 is 2.44 bits per heavy atom. The monoisotopic (exact) mass is 292 g/mol. The quantitative estimate of drug-likeness (QED) is 0.777. The Kier molecular flexibility index (Phi) is 5.13. The molecule has 0 saturated heterocycles. The van der Waals surface area contributed by atoms with Crippen molar-refractivity contribution >= 4 is 27.4 Å². The molecule has 1 aromatic carbocycles. The van der Waals surface area contributed by atoms with Crippen LogP contribution in [0.3, 0.4) is 0 Å². The Hall–Kier alpha value is -1.11. The van der Waals surface area contributed by atoms with Crippen molar-refractivity contribution in [3.05, 3.63) is 28.8 Å². The molecule has 0 bridgehead atoms. The van der Waals surface area contributed by atoms with Gasteiger partial charge in [-0.15, -0.1) is 0 Å². The van der Waals surface area contributed by atoms with Crippen LogP contribution >= 0.6 is 11.6 Å². The van der Waals surface area contributed by atoms with Gasteiger partial charge in [-0.05, 0) is 31.0 Å². The second-order valence-electron chi connectivity index (χ2n) is 3.70. The van der Waals surface area contributed by atoms with Gasteiger partial charge in [0.15, 0.2) is 9.84 Å². The highest BCUT2D eigenvalue weighted by molar-refractivity contribution is 7.91. The second kappa shape index (κ2) is 6.17. The number of unbranched alkanes of at least 4 members (excludes halogenated alkanes) is 1. The molecule has 0 fully saturated rings. The highest BCUT2D eigenvalue weighted by Crippen LogP contribution is 2.22. The van der Waals surface area contributed by atoms with Crippen LogP contribution in [0.1, 0.15) is 23.2 Å². The fourth-order valence-electron chi connectivity index (χ4n) is 1.38. The average molecular weight is 293 g/mol. The van der Waals surface area contributed by atoms with Crippen molar-refractivity contribution in [3.63, 3.8) is 0 Å². The first kappa shape index (κ1) is 14.9. The van der Waals surface area contributed by atoms with Crippen molar-refractivity contribution in [1.82, 2.24) is 0 Å². The number of rotatable bonds is 6. The first-order valence-electron chi connectivity index (χ1n) is 5.25. The molecule has 0 heterocycles. The maximum atomic E-state index is 11.9. The summed E-state index contributed by atoms with van der Waals surface area (Å²) in [6.07, 6.45) is 0.747. The van der Waals surface area contributed by atoms with E-state index in [0.29, 0.717) is 12.8 Å². The van der Waals surface area contributed by atoms with Gasteiger partial charge in [-0.3, -0.25) is 0 Å². The summed E-state index contributed by atoms with van der Waals surface area (Å²) in [6.45, 7) is -0.0613. The molecule has 18 heavy (non-hydrogen) atoms. The standard InChI is InChI=1S/C11H13ClO5S/c12-10-7-8(3-4-9(10)11(14)15)18(16,17)6-2-1-5-13/h3-4,7,13H,1-2,5-6H2,(H,14,15). The minimum Gasteiger partial charge on any atom is -0.478 e. The molecule has 0 radical (unpaired) electrons. The van der Waals surface area contributed by atoms with Gasteiger partial charge in [0.1, 0.15) is 0 Å². The van der Waals surface area contributed by atoms with Crippen LogP contribution in [0.15, 0.2) is 23.1 Å². The van der Waals surface area contributed by atoms with E-state index in [1.807, 2.05) is 0 Å². The Morgan fingerprint density at radius 1 is 1.28 bits per heavy atom. The van der Waals surface area contributed by atoms with E-state index in [4.69, 9.17) is 21.8 Å². The van der Waals surface area contributed by atoms with Gasteiger partial charge in [0, 0.05) is 6.61 Å². The van der Waals surface area contributed by atoms with Crippen LogP contribution < -0.4 is 0 Å². The molecule has 0 unspecified atom stereocenters. The van der Waals surface area contributed by atoms with Gasteiger partial charge in [-0.25, -0.2) is 13.2 Å². The molecule has 2 N–H and O–H groups in total. The number of aromatic carboxylic acids is 1. The minimum atomic E-state index is -3.49. The average Bonchev–Trinajstić information content (AvgIpc) is 2.28. The van der Waals surface area contributed by atoms with Crippen LogP contribution in [0.5, 0.6) is 0 Å². The molecular weight excluding hydrogens is 280 g/mol. The van der Waals surface area contributed by atoms with E-state index in [1.54, 1.807) is 0 Å². The molecule has 1 rings (SSSR count). The summed E-state index contributed by atoms with van der Waals surface area (Å²) in [6, 6.07) is 3.53. The SMILES string of the molecule is O=C(O)c1ccc(S(=O)(=O)CCCCO)cc1Cl. The number of aliphatic hydroxyl groups is 1. The van der Waals surface area contributed by atoms with Crippen molar-refractivity contribution in [2.45, 2.75) is 17.7 Å². The number of hydrogen-bond acceptors (Lipinski definition) is 4. The van der Waals surface area contributed by atoms with E-state index in [-0.39, 0.29) is 27.8 Å². The minimum absolute atomic E-state index is 0.00422. The number of aliphatic hydroxyl groups excluding tert-OH is 1. The van der Waals surface area contributed by atoms with Crippen molar-refractivity contribution < 1.29 is 23.4 Å². The van der Waals surface area contributed by atoms with Gasteiger partial charge < -0.3 is 10.2 Å². The summed E-state index contributed by atoms with van der Waals surface area (Å²) in [5.74, 6) is -1.31. The summed E-state index contributed by atoms with van der Waals surface area (Å²) in [5.41, 5.74) is -0.133. The third-order valence-corrected chi connectivity index (χ3v) is 4.46. The predicted molar refractivity (Wildman–Crippen MR) is 66.8 cm³/mol. The van der Waals surface area contributed by atoms with Gasteiger partial charge in [0.2, 0.25) is 0 Å². The molecule has 0 saturated carbocycles. The van der Waals surface area contributed by atoms with Gasteiger partial charge in [0.05, 0.1) is 21.2 Å². The third-order valence-electron chi connectivity index (χ3n) is 2.35.